The van der Waals surface area contributed by atoms with Crippen LogP contribution in [-0.4, -0.2) is 23.4 Å². The molecule has 0 radical (unpaired) electrons. The number of rotatable bonds is 7. The zero-order valence-corrected chi connectivity index (χ0v) is 17.6. The van der Waals surface area contributed by atoms with Gasteiger partial charge in [0, 0.05) is 11.4 Å². The standard InChI is InChI=1S/C19H17F2NO4S3/c1-13-4-7-15(8-5-13)28(23,24)19(17-3-2-10-27-17)12-22-29(25,26)18-11-14(20)6-9-16(18)21/h2-11,19,22H,12H2,1H3/t19-/m1/s1. The number of halogens is 2. The second kappa shape index (κ2) is 8.31. The van der Waals surface area contributed by atoms with Gasteiger partial charge in [-0.15, -0.1) is 11.3 Å². The molecule has 0 spiro atoms. The van der Waals surface area contributed by atoms with Crippen molar-refractivity contribution < 1.29 is 25.6 Å². The van der Waals surface area contributed by atoms with Crippen LogP contribution in [0.1, 0.15) is 15.7 Å². The second-order valence-electron chi connectivity index (χ2n) is 6.29. The lowest BCUT2D eigenvalue weighted by Gasteiger charge is -2.18. The molecule has 3 aromatic rings. The van der Waals surface area contributed by atoms with Crippen LogP contribution < -0.4 is 4.72 Å². The van der Waals surface area contributed by atoms with E-state index in [0.717, 1.165) is 23.0 Å². The third-order valence-electron chi connectivity index (χ3n) is 4.23. The summed E-state index contributed by atoms with van der Waals surface area (Å²) in [5.41, 5.74) is 0.874. The summed E-state index contributed by atoms with van der Waals surface area (Å²) < 4.78 is 80.7. The molecule has 0 aliphatic rings. The number of hydrogen-bond acceptors (Lipinski definition) is 5. The maximum absolute atomic E-state index is 13.9. The smallest absolute Gasteiger partial charge is 0.223 e. The van der Waals surface area contributed by atoms with Crippen LogP contribution in [0.2, 0.25) is 0 Å². The molecule has 2 aromatic carbocycles. The zero-order valence-electron chi connectivity index (χ0n) is 15.2. The Kier molecular flexibility index (Phi) is 6.18. The molecule has 0 amide bonds. The summed E-state index contributed by atoms with van der Waals surface area (Å²) in [6.07, 6.45) is 0. The lowest BCUT2D eigenvalue weighted by molar-refractivity contribution is 0.544. The molecule has 0 unspecified atom stereocenters. The van der Waals surface area contributed by atoms with E-state index in [9.17, 15) is 25.6 Å². The van der Waals surface area contributed by atoms with Gasteiger partial charge in [-0.3, -0.25) is 0 Å². The molecule has 1 atom stereocenters. The first-order chi connectivity index (χ1) is 13.6. The number of benzene rings is 2. The third kappa shape index (κ3) is 4.72. The molecule has 3 rings (SSSR count). The highest BCUT2D eigenvalue weighted by Gasteiger charge is 2.32. The van der Waals surface area contributed by atoms with E-state index in [-0.39, 0.29) is 4.90 Å². The quantitative estimate of drug-likeness (QED) is 0.585. The molecule has 154 valence electrons. The molecule has 0 aliphatic carbocycles. The number of sulfonamides is 1. The Balaban J connectivity index is 1.95. The first-order valence-corrected chi connectivity index (χ1v) is 12.3. The van der Waals surface area contributed by atoms with Crippen LogP contribution in [0.15, 0.2) is 69.8 Å². The SMILES string of the molecule is Cc1ccc(S(=O)(=O)[C@H](CNS(=O)(=O)c2cc(F)ccc2F)c2cccs2)cc1. The van der Waals surface area contributed by atoms with E-state index in [4.69, 9.17) is 0 Å². The van der Waals surface area contributed by atoms with E-state index in [0.29, 0.717) is 17.0 Å². The highest BCUT2D eigenvalue weighted by molar-refractivity contribution is 7.92. The maximum atomic E-state index is 13.9. The number of sulfone groups is 1. The number of nitrogens with one attached hydrogen (secondary N) is 1. The van der Waals surface area contributed by atoms with Crippen LogP contribution >= 0.6 is 11.3 Å². The fraction of sp³-hybridized carbons (Fsp3) is 0.158. The Morgan fingerprint density at radius 2 is 1.69 bits per heavy atom. The van der Waals surface area contributed by atoms with Crippen molar-refractivity contribution in [2.75, 3.05) is 6.54 Å². The maximum Gasteiger partial charge on any atom is 0.243 e. The highest BCUT2D eigenvalue weighted by atomic mass is 32.2. The van der Waals surface area contributed by atoms with Crippen molar-refractivity contribution in [1.82, 2.24) is 4.72 Å². The molecule has 1 heterocycles. The minimum Gasteiger partial charge on any atom is -0.223 e. The summed E-state index contributed by atoms with van der Waals surface area (Å²) >= 11 is 1.16. The lowest BCUT2D eigenvalue weighted by atomic mass is 10.2. The van der Waals surface area contributed by atoms with Crippen LogP contribution in [0.4, 0.5) is 8.78 Å². The largest absolute Gasteiger partial charge is 0.243 e. The molecule has 0 bridgehead atoms. The van der Waals surface area contributed by atoms with E-state index < -0.39 is 48.2 Å². The van der Waals surface area contributed by atoms with Crippen LogP contribution in [-0.2, 0) is 19.9 Å². The molecule has 0 saturated heterocycles. The van der Waals surface area contributed by atoms with Gasteiger partial charge < -0.3 is 0 Å². The van der Waals surface area contributed by atoms with Crippen LogP contribution in [0.25, 0.3) is 0 Å². The van der Waals surface area contributed by atoms with E-state index >= 15 is 0 Å². The monoisotopic (exact) mass is 457 g/mol. The Labute approximate surface area is 172 Å². The number of aryl methyl sites for hydroxylation is 1. The van der Waals surface area contributed by atoms with Crippen molar-refractivity contribution in [1.29, 1.82) is 0 Å². The van der Waals surface area contributed by atoms with Gasteiger partial charge in [-0.05, 0) is 48.7 Å². The predicted octanol–water partition coefficient (Wildman–Crippen LogP) is 3.83. The molecular weight excluding hydrogens is 440 g/mol. The molecule has 10 heteroatoms. The van der Waals surface area contributed by atoms with Gasteiger partial charge in [-0.2, -0.15) is 0 Å². The van der Waals surface area contributed by atoms with Crippen molar-refractivity contribution in [2.24, 2.45) is 0 Å². The summed E-state index contributed by atoms with van der Waals surface area (Å²) in [4.78, 5) is -0.416. The summed E-state index contributed by atoms with van der Waals surface area (Å²) in [6.45, 7) is 1.28. The third-order valence-corrected chi connectivity index (χ3v) is 8.90. The van der Waals surface area contributed by atoms with Gasteiger partial charge in [0.1, 0.15) is 21.8 Å². The molecule has 0 saturated carbocycles. The van der Waals surface area contributed by atoms with E-state index in [1.54, 1.807) is 29.6 Å². The molecule has 29 heavy (non-hydrogen) atoms. The Bertz CT molecular complexity index is 1210. The number of hydrogen-bond donors (Lipinski definition) is 1. The van der Waals surface area contributed by atoms with Gasteiger partial charge in [0.05, 0.1) is 4.90 Å². The van der Waals surface area contributed by atoms with E-state index in [2.05, 4.69) is 4.72 Å². The van der Waals surface area contributed by atoms with E-state index in [1.807, 2.05) is 6.92 Å². The van der Waals surface area contributed by atoms with Gasteiger partial charge in [-0.25, -0.2) is 30.3 Å². The molecule has 5 nitrogen and oxygen atoms in total. The fourth-order valence-corrected chi connectivity index (χ4v) is 6.70. The Morgan fingerprint density at radius 1 is 1.00 bits per heavy atom. The van der Waals surface area contributed by atoms with Gasteiger partial charge >= 0.3 is 0 Å². The van der Waals surface area contributed by atoms with E-state index in [1.165, 1.54) is 12.1 Å². The van der Waals surface area contributed by atoms with Crippen molar-refractivity contribution in [3.8, 4) is 0 Å². The molecule has 0 fully saturated rings. The van der Waals surface area contributed by atoms with Crippen molar-refractivity contribution in [2.45, 2.75) is 22.0 Å². The minimum atomic E-state index is -4.47. The van der Waals surface area contributed by atoms with Crippen molar-refractivity contribution >= 4 is 31.2 Å². The van der Waals surface area contributed by atoms with Gasteiger partial charge in [0.15, 0.2) is 9.84 Å². The lowest BCUT2D eigenvalue weighted by Crippen LogP contribution is -2.32. The first-order valence-electron chi connectivity index (χ1n) is 8.40. The Morgan fingerprint density at radius 3 is 2.31 bits per heavy atom. The van der Waals surface area contributed by atoms with Gasteiger partial charge in [-0.1, -0.05) is 23.8 Å². The highest BCUT2D eigenvalue weighted by Crippen LogP contribution is 2.32. The number of thiophene rings is 1. The van der Waals surface area contributed by atoms with Crippen molar-refractivity contribution in [3.05, 3.63) is 82.1 Å². The average molecular weight is 458 g/mol. The molecular formula is C19H17F2NO4S3. The van der Waals surface area contributed by atoms with Gasteiger partial charge in [0.2, 0.25) is 10.0 Å². The molecule has 1 N–H and O–H groups in total. The normalized spacial score (nSPS) is 13.3. The van der Waals surface area contributed by atoms with Crippen LogP contribution in [0.5, 0.6) is 0 Å². The molecule has 1 aromatic heterocycles. The molecule has 0 aliphatic heterocycles. The summed E-state index contributed by atoms with van der Waals surface area (Å²) in [6, 6.07) is 11.5. The second-order valence-corrected chi connectivity index (χ2v) is 11.1. The Hall–Kier alpha value is -2.14. The first kappa shape index (κ1) is 21.6. The minimum absolute atomic E-state index is 0.0395. The predicted molar refractivity (Wildman–Crippen MR) is 107 cm³/mol. The summed E-state index contributed by atoms with van der Waals surface area (Å²) in [5.74, 6) is -2.05. The topological polar surface area (TPSA) is 80.3 Å². The zero-order chi connectivity index (χ0) is 21.2. The van der Waals surface area contributed by atoms with Crippen LogP contribution in [0.3, 0.4) is 0 Å². The van der Waals surface area contributed by atoms with Crippen LogP contribution in [0, 0.1) is 18.6 Å². The van der Waals surface area contributed by atoms with Gasteiger partial charge in [0.25, 0.3) is 0 Å². The average Bonchev–Trinajstić information content (AvgIpc) is 3.18. The summed E-state index contributed by atoms with van der Waals surface area (Å²) in [7, 11) is -8.42. The fourth-order valence-electron chi connectivity index (χ4n) is 2.68. The summed E-state index contributed by atoms with van der Waals surface area (Å²) in [5, 5.41) is 0.449. The van der Waals surface area contributed by atoms with Crippen molar-refractivity contribution in [3.63, 3.8) is 0 Å².